The second kappa shape index (κ2) is 6.12. The van der Waals surface area contributed by atoms with Crippen molar-refractivity contribution in [2.45, 2.75) is 25.7 Å². The Morgan fingerprint density at radius 3 is 2.96 bits per heavy atom. The number of non-ortho nitro benzene ring substituents is 1. The van der Waals surface area contributed by atoms with Crippen molar-refractivity contribution in [2.24, 2.45) is 0 Å². The van der Waals surface area contributed by atoms with Crippen molar-refractivity contribution in [1.29, 1.82) is 0 Å². The molecular formula is C17H17N5O3. The van der Waals surface area contributed by atoms with Gasteiger partial charge in [-0.05, 0) is 31.9 Å². The molecule has 3 aromatic rings. The maximum absolute atomic E-state index is 11.3. The zero-order valence-electron chi connectivity index (χ0n) is 13.8. The van der Waals surface area contributed by atoms with E-state index in [1.54, 1.807) is 18.5 Å². The maximum atomic E-state index is 11.3. The van der Waals surface area contributed by atoms with Gasteiger partial charge >= 0.3 is 0 Å². The highest BCUT2D eigenvalue weighted by molar-refractivity contribution is 5.99. The summed E-state index contributed by atoms with van der Waals surface area (Å²) in [4.78, 5) is 21.6. The Labute approximate surface area is 143 Å². The van der Waals surface area contributed by atoms with Crippen molar-refractivity contribution in [3.05, 3.63) is 52.4 Å². The van der Waals surface area contributed by atoms with Gasteiger partial charge in [0.25, 0.3) is 5.69 Å². The molecule has 0 aliphatic carbocycles. The quantitative estimate of drug-likeness (QED) is 0.533. The third-order valence-corrected chi connectivity index (χ3v) is 4.62. The summed E-state index contributed by atoms with van der Waals surface area (Å²) in [6, 6.07) is 5.21. The Kier molecular flexibility index (Phi) is 3.79. The van der Waals surface area contributed by atoms with E-state index >= 15 is 0 Å². The minimum Gasteiger partial charge on any atom is -0.370 e. The van der Waals surface area contributed by atoms with Crippen molar-refractivity contribution in [1.82, 2.24) is 15.1 Å². The van der Waals surface area contributed by atoms with Crippen molar-refractivity contribution < 1.29 is 9.45 Å². The lowest BCUT2D eigenvalue weighted by Crippen LogP contribution is -2.34. The summed E-state index contributed by atoms with van der Waals surface area (Å²) in [7, 11) is 0. The molecule has 0 radical (unpaired) electrons. The van der Waals surface area contributed by atoms with Gasteiger partial charge in [0.2, 0.25) is 5.89 Å². The van der Waals surface area contributed by atoms with Crippen molar-refractivity contribution in [2.75, 3.05) is 18.0 Å². The summed E-state index contributed by atoms with van der Waals surface area (Å²) in [5.74, 6) is 1.47. The normalized spacial score (nSPS) is 17.8. The Bertz CT molecular complexity index is 939. The van der Waals surface area contributed by atoms with Gasteiger partial charge in [-0.15, -0.1) is 0 Å². The molecule has 1 unspecified atom stereocenters. The zero-order chi connectivity index (χ0) is 17.4. The Morgan fingerprint density at radius 2 is 2.20 bits per heavy atom. The molecule has 1 fully saturated rings. The Morgan fingerprint density at radius 1 is 1.32 bits per heavy atom. The molecule has 1 aliphatic heterocycles. The molecule has 1 aliphatic rings. The number of fused-ring (bicyclic) bond motifs is 1. The highest BCUT2D eigenvalue weighted by atomic mass is 16.6. The van der Waals surface area contributed by atoms with E-state index in [4.69, 9.17) is 4.52 Å². The van der Waals surface area contributed by atoms with E-state index in [2.05, 4.69) is 20.0 Å². The molecule has 1 atom stereocenters. The fourth-order valence-corrected chi connectivity index (χ4v) is 3.47. The van der Waals surface area contributed by atoms with Crippen molar-refractivity contribution >= 4 is 22.1 Å². The number of hydrogen-bond acceptors (Lipinski definition) is 7. The molecule has 8 heteroatoms. The number of nitro groups is 1. The summed E-state index contributed by atoms with van der Waals surface area (Å²) >= 11 is 0. The van der Waals surface area contributed by atoms with Crippen molar-refractivity contribution in [3.63, 3.8) is 0 Å². The monoisotopic (exact) mass is 339 g/mol. The molecule has 2 aromatic heterocycles. The molecule has 0 amide bonds. The number of rotatable bonds is 3. The smallest absolute Gasteiger partial charge is 0.278 e. The summed E-state index contributed by atoms with van der Waals surface area (Å²) in [5, 5.41) is 16.6. The van der Waals surface area contributed by atoms with Gasteiger partial charge in [-0.2, -0.15) is 4.98 Å². The van der Waals surface area contributed by atoms with E-state index in [0.717, 1.165) is 37.0 Å². The standard InChI is InChI=1S/C17H17N5O3/c1-11-19-17(25-20-11)12-3-2-8-21(10-12)15-4-5-16(22(23)24)14-9-18-7-6-13(14)15/h4-7,9,12H,2-3,8,10H2,1H3. The number of pyridine rings is 1. The maximum Gasteiger partial charge on any atom is 0.278 e. The fourth-order valence-electron chi connectivity index (χ4n) is 3.47. The predicted molar refractivity (Wildman–Crippen MR) is 91.6 cm³/mol. The van der Waals surface area contributed by atoms with Gasteiger partial charge in [-0.3, -0.25) is 15.1 Å². The van der Waals surface area contributed by atoms with Gasteiger partial charge < -0.3 is 9.42 Å². The molecule has 4 rings (SSSR count). The number of hydrogen-bond donors (Lipinski definition) is 0. The van der Waals surface area contributed by atoms with Crippen LogP contribution in [0.1, 0.15) is 30.5 Å². The first-order valence-electron chi connectivity index (χ1n) is 8.20. The largest absolute Gasteiger partial charge is 0.370 e. The van der Waals surface area contributed by atoms with E-state index in [9.17, 15) is 10.1 Å². The lowest BCUT2D eigenvalue weighted by molar-refractivity contribution is -0.383. The van der Waals surface area contributed by atoms with Crippen LogP contribution < -0.4 is 4.90 Å². The molecule has 128 valence electrons. The number of aryl methyl sites for hydroxylation is 1. The molecule has 0 bridgehead atoms. The number of aromatic nitrogens is 3. The molecule has 1 saturated heterocycles. The summed E-state index contributed by atoms with van der Waals surface area (Å²) in [6.45, 7) is 3.44. The van der Waals surface area contributed by atoms with Crippen LogP contribution >= 0.6 is 0 Å². The zero-order valence-corrected chi connectivity index (χ0v) is 13.8. The number of nitro benzene ring substituents is 1. The molecule has 0 spiro atoms. The van der Waals surface area contributed by atoms with Gasteiger partial charge in [0, 0.05) is 42.6 Å². The minimum absolute atomic E-state index is 0.0768. The molecule has 1 aromatic carbocycles. The summed E-state index contributed by atoms with van der Waals surface area (Å²) in [5.41, 5.74) is 1.05. The SMILES string of the molecule is Cc1noc(C2CCCN(c3ccc([N+](=O)[O-])c4cnccc34)C2)n1. The summed E-state index contributed by atoms with van der Waals surface area (Å²) in [6.07, 6.45) is 5.21. The topological polar surface area (TPSA) is 98.2 Å². The lowest BCUT2D eigenvalue weighted by Gasteiger charge is -2.33. The second-order valence-corrected chi connectivity index (χ2v) is 6.25. The first kappa shape index (κ1) is 15.5. The van der Waals surface area contributed by atoms with Gasteiger partial charge in [0.05, 0.1) is 16.2 Å². The summed E-state index contributed by atoms with van der Waals surface area (Å²) < 4.78 is 5.34. The van der Waals surface area contributed by atoms with Gasteiger partial charge in [0.1, 0.15) is 0 Å². The van der Waals surface area contributed by atoms with Crippen LogP contribution in [0.15, 0.2) is 35.1 Å². The highest BCUT2D eigenvalue weighted by Crippen LogP contribution is 2.36. The van der Waals surface area contributed by atoms with E-state index in [0.29, 0.717) is 17.1 Å². The second-order valence-electron chi connectivity index (χ2n) is 6.25. The molecule has 25 heavy (non-hydrogen) atoms. The van der Waals surface area contributed by atoms with Gasteiger partial charge in [-0.1, -0.05) is 5.16 Å². The molecule has 0 N–H and O–H groups in total. The fraction of sp³-hybridized carbons (Fsp3) is 0.353. The van der Waals surface area contributed by atoms with Crippen LogP contribution in [0, 0.1) is 17.0 Å². The molecule has 0 saturated carbocycles. The highest BCUT2D eigenvalue weighted by Gasteiger charge is 2.27. The number of nitrogens with zero attached hydrogens (tertiary/aromatic N) is 5. The van der Waals surface area contributed by atoms with Crippen LogP contribution in [0.5, 0.6) is 0 Å². The average Bonchev–Trinajstić information content (AvgIpc) is 3.07. The van der Waals surface area contributed by atoms with Crippen LogP contribution in [0.4, 0.5) is 11.4 Å². The Hall–Kier alpha value is -3.03. The predicted octanol–water partition coefficient (Wildman–Crippen LogP) is 3.22. The third-order valence-electron chi connectivity index (χ3n) is 4.62. The molecule has 8 nitrogen and oxygen atoms in total. The average molecular weight is 339 g/mol. The molecular weight excluding hydrogens is 322 g/mol. The first-order chi connectivity index (χ1) is 12.1. The van der Waals surface area contributed by atoms with E-state index in [-0.39, 0.29) is 16.5 Å². The van der Waals surface area contributed by atoms with E-state index in [1.807, 2.05) is 19.1 Å². The number of piperidine rings is 1. The van der Waals surface area contributed by atoms with Gasteiger partial charge in [0.15, 0.2) is 5.82 Å². The van der Waals surface area contributed by atoms with Crippen LogP contribution in [-0.4, -0.2) is 33.1 Å². The van der Waals surface area contributed by atoms with E-state index < -0.39 is 0 Å². The minimum atomic E-state index is -0.367. The van der Waals surface area contributed by atoms with Crippen LogP contribution in [-0.2, 0) is 0 Å². The van der Waals surface area contributed by atoms with Gasteiger partial charge in [-0.25, -0.2) is 0 Å². The third kappa shape index (κ3) is 2.79. The van der Waals surface area contributed by atoms with Crippen LogP contribution in [0.25, 0.3) is 10.8 Å². The van der Waals surface area contributed by atoms with Crippen molar-refractivity contribution in [3.8, 4) is 0 Å². The van der Waals surface area contributed by atoms with Crippen LogP contribution in [0.3, 0.4) is 0 Å². The number of anilines is 1. The lowest BCUT2D eigenvalue weighted by atomic mass is 9.96. The number of benzene rings is 1. The van der Waals surface area contributed by atoms with Crippen LogP contribution in [0.2, 0.25) is 0 Å². The van der Waals surface area contributed by atoms with E-state index in [1.165, 1.54) is 0 Å². The first-order valence-corrected chi connectivity index (χ1v) is 8.20. The molecule has 3 heterocycles. The Balaban J connectivity index is 1.72.